The first-order valence-electron chi connectivity index (χ1n) is 10.7. The van der Waals surface area contributed by atoms with Crippen LogP contribution in [0.5, 0.6) is 5.75 Å². The lowest BCUT2D eigenvalue weighted by atomic mass is 9.89. The highest BCUT2D eigenvalue weighted by molar-refractivity contribution is 7.99. The number of thiophene rings is 1. The molecule has 166 valence electrons. The van der Waals surface area contributed by atoms with Crippen LogP contribution in [0.2, 0.25) is 0 Å². The minimum absolute atomic E-state index is 0.0282. The van der Waals surface area contributed by atoms with Gasteiger partial charge in [-0.25, -0.2) is 4.98 Å². The van der Waals surface area contributed by atoms with E-state index in [-0.39, 0.29) is 10.8 Å². The molecular formula is C23H25N5O2S2. The molecule has 0 saturated heterocycles. The Labute approximate surface area is 194 Å². The Kier molecular flexibility index (Phi) is 5.54. The van der Waals surface area contributed by atoms with Gasteiger partial charge in [0.2, 0.25) is 0 Å². The highest BCUT2D eigenvalue weighted by atomic mass is 32.2. The monoisotopic (exact) mass is 467 g/mol. The first kappa shape index (κ1) is 21.2. The molecule has 1 aliphatic rings. The Hall–Kier alpha value is -2.65. The molecule has 1 aromatic carbocycles. The van der Waals surface area contributed by atoms with Crippen LogP contribution in [0.1, 0.15) is 41.8 Å². The second kappa shape index (κ2) is 8.37. The number of nitrogens with one attached hydrogen (secondary N) is 1. The van der Waals surface area contributed by atoms with Crippen LogP contribution in [-0.2, 0) is 19.9 Å². The molecule has 32 heavy (non-hydrogen) atoms. The average molecular weight is 468 g/mol. The zero-order chi connectivity index (χ0) is 22.4. The predicted octanol–water partition coefficient (Wildman–Crippen LogP) is 4.77. The Balaban J connectivity index is 1.43. The van der Waals surface area contributed by atoms with Gasteiger partial charge in [0.05, 0.1) is 17.7 Å². The lowest BCUT2D eigenvalue weighted by Crippen LogP contribution is -2.15. The van der Waals surface area contributed by atoms with Crippen molar-refractivity contribution in [3.05, 3.63) is 50.9 Å². The number of methoxy groups -OCH3 is 1. The van der Waals surface area contributed by atoms with Gasteiger partial charge in [0.25, 0.3) is 5.56 Å². The van der Waals surface area contributed by atoms with Crippen LogP contribution >= 0.6 is 23.1 Å². The number of fused-ring (bicyclic) bond motifs is 3. The number of aryl methyl sites for hydroxylation is 1. The fourth-order valence-electron chi connectivity index (χ4n) is 4.20. The standard InChI is InChI=1S/C23H25N5O2S2/c1-12-8-9-16-17(10-12)32-22-18(16)21(29)24-19(25-22)13(2)31-23-27-26-20(28(23)3)14-6-5-7-15(11-14)30-4/h5-7,11-13H,8-10H2,1-4H3,(H,24,25,29)/t12-,13-/m1/s1. The van der Waals surface area contributed by atoms with Crippen LogP contribution in [0.3, 0.4) is 0 Å². The third-order valence-electron chi connectivity index (χ3n) is 6.01. The SMILES string of the molecule is COc1cccc(-c2nnc(S[C@H](C)c3nc4sc5c(c4c(=O)[nH]3)CC[C@@H](C)C5)n2C)c1. The maximum atomic E-state index is 12.9. The summed E-state index contributed by atoms with van der Waals surface area (Å²) in [5, 5.41) is 10.2. The number of thioether (sulfide) groups is 1. The Morgan fingerprint density at radius 1 is 1.34 bits per heavy atom. The van der Waals surface area contributed by atoms with Gasteiger partial charge < -0.3 is 14.3 Å². The van der Waals surface area contributed by atoms with E-state index in [1.807, 2.05) is 42.8 Å². The molecule has 2 atom stereocenters. The van der Waals surface area contributed by atoms with E-state index >= 15 is 0 Å². The topological polar surface area (TPSA) is 85.7 Å². The van der Waals surface area contributed by atoms with Gasteiger partial charge in [-0.05, 0) is 49.8 Å². The summed E-state index contributed by atoms with van der Waals surface area (Å²) in [6.07, 6.45) is 3.15. The molecule has 0 amide bonds. The van der Waals surface area contributed by atoms with Gasteiger partial charge in [0.15, 0.2) is 11.0 Å². The van der Waals surface area contributed by atoms with E-state index < -0.39 is 0 Å². The number of aromatic amines is 1. The van der Waals surface area contributed by atoms with Crippen molar-refractivity contribution in [3.8, 4) is 17.1 Å². The Bertz CT molecular complexity index is 1360. The van der Waals surface area contributed by atoms with Crippen LogP contribution in [0.15, 0.2) is 34.2 Å². The molecular weight excluding hydrogens is 442 g/mol. The fraction of sp³-hybridized carbons (Fsp3) is 0.391. The summed E-state index contributed by atoms with van der Waals surface area (Å²) in [7, 11) is 3.59. The molecule has 0 unspecified atom stereocenters. The second-order valence-corrected chi connectivity index (χ2v) is 10.7. The lowest BCUT2D eigenvalue weighted by molar-refractivity contribution is 0.415. The molecule has 0 fully saturated rings. The zero-order valence-corrected chi connectivity index (χ0v) is 20.1. The first-order chi connectivity index (χ1) is 15.4. The number of benzene rings is 1. The first-order valence-corrected chi connectivity index (χ1v) is 12.4. The van der Waals surface area contributed by atoms with Crippen molar-refractivity contribution in [1.29, 1.82) is 0 Å². The van der Waals surface area contributed by atoms with Crippen LogP contribution in [-0.4, -0.2) is 31.8 Å². The maximum Gasteiger partial charge on any atom is 0.259 e. The Morgan fingerprint density at radius 2 is 2.19 bits per heavy atom. The second-order valence-electron chi connectivity index (χ2n) is 8.34. The van der Waals surface area contributed by atoms with Crippen LogP contribution in [0.25, 0.3) is 21.6 Å². The molecule has 3 aromatic heterocycles. The quantitative estimate of drug-likeness (QED) is 0.426. The van der Waals surface area contributed by atoms with Crippen molar-refractivity contribution in [2.24, 2.45) is 13.0 Å². The summed E-state index contributed by atoms with van der Waals surface area (Å²) in [4.78, 5) is 23.0. The molecule has 0 radical (unpaired) electrons. The molecule has 0 bridgehead atoms. The van der Waals surface area contributed by atoms with Gasteiger partial charge in [-0.2, -0.15) is 0 Å². The number of rotatable bonds is 5. The van der Waals surface area contributed by atoms with Crippen LogP contribution in [0, 0.1) is 5.92 Å². The van der Waals surface area contributed by atoms with E-state index in [1.54, 1.807) is 18.4 Å². The molecule has 3 heterocycles. The summed E-state index contributed by atoms with van der Waals surface area (Å²) in [6.45, 7) is 4.31. The highest BCUT2D eigenvalue weighted by Gasteiger charge is 2.24. The molecule has 0 spiro atoms. The summed E-state index contributed by atoms with van der Waals surface area (Å²) in [5.41, 5.74) is 2.12. The van der Waals surface area contributed by atoms with Gasteiger partial charge in [0, 0.05) is 17.5 Å². The summed E-state index contributed by atoms with van der Waals surface area (Å²) in [5.74, 6) is 2.87. The third kappa shape index (κ3) is 3.73. The zero-order valence-electron chi connectivity index (χ0n) is 18.5. The van der Waals surface area contributed by atoms with E-state index in [0.29, 0.717) is 11.7 Å². The van der Waals surface area contributed by atoms with Gasteiger partial charge in [-0.15, -0.1) is 21.5 Å². The summed E-state index contributed by atoms with van der Waals surface area (Å²) >= 11 is 3.21. The largest absolute Gasteiger partial charge is 0.497 e. The van der Waals surface area contributed by atoms with Crippen molar-refractivity contribution in [3.63, 3.8) is 0 Å². The maximum absolute atomic E-state index is 12.9. The van der Waals surface area contributed by atoms with Gasteiger partial charge >= 0.3 is 0 Å². The van der Waals surface area contributed by atoms with Gasteiger partial charge in [0.1, 0.15) is 16.4 Å². The van der Waals surface area contributed by atoms with E-state index in [2.05, 4.69) is 22.1 Å². The Morgan fingerprint density at radius 3 is 3.00 bits per heavy atom. The van der Waals surface area contributed by atoms with Crippen molar-refractivity contribution < 1.29 is 4.74 Å². The number of ether oxygens (including phenoxy) is 1. The van der Waals surface area contributed by atoms with Crippen molar-refractivity contribution >= 4 is 33.3 Å². The van der Waals surface area contributed by atoms with Crippen LogP contribution < -0.4 is 10.3 Å². The average Bonchev–Trinajstić information content (AvgIpc) is 3.33. The minimum atomic E-state index is -0.0776. The third-order valence-corrected chi connectivity index (χ3v) is 8.31. The van der Waals surface area contributed by atoms with E-state index in [4.69, 9.17) is 9.72 Å². The minimum Gasteiger partial charge on any atom is -0.497 e. The normalized spacial score (nSPS) is 16.8. The van der Waals surface area contributed by atoms with E-state index in [9.17, 15) is 4.79 Å². The number of nitrogens with zero attached hydrogens (tertiary/aromatic N) is 4. The smallest absolute Gasteiger partial charge is 0.259 e. The van der Waals surface area contributed by atoms with Crippen LogP contribution in [0.4, 0.5) is 0 Å². The molecule has 5 rings (SSSR count). The molecule has 4 aromatic rings. The molecule has 7 nitrogen and oxygen atoms in total. The molecule has 0 aliphatic heterocycles. The number of hydrogen-bond acceptors (Lipinski definition) is 7. The number of hydrogen-bond donors (Lipinski definition) is 1. The molecule has 0 saturated carbocycles. The molecule has 9 heteroatoms. The van der Waals surface area contributed by atoms with E-state index in [0.717, 1.165) is 51.8 Å². The predicted molar refractivity (Wildman–Crippen MR) is 129 cm³/mol. The summed E-state index contributed by atoms with van der Waals surface area (Å²) in [6, 6.07) is 7.76. The van der Waals surface area contributed by atoms with Crippen molar-refractivity contribution in [2.45, 2.75) is 43.5 Å². The van der Waals surface area contributed by atoms with Gasteiger partial charge in [-0.1, -0.05) is 30.8 Å². The summed E-state index contributed by atoms with van der Waals surface area (Å²) < 4.78 is 7.28. The number of H-pyrrole nitrogens is 1. The fourth-order valence-corrected chi connectivity index (χ4v) is 6.47. The highest BCUT2D eigenvalue weighted by Crippen LogP contribution is 2.38. The van der Waals surface area contributed by atoms with Crippen molar-refractivity contribution in [2.75, 3.05) is 7.11 Å². The lowest BCUT2D eigenvalue weighted by Gasteiger charge is -2.17. The van der Waals surface area contributed by atoms with Gasteiger partial charge in [-0.3, -0.25) is 4.79 Å². The van der Waals surface area contributed by atoms with E-state index in [1.165, 1.54) is 22.2 Å². The molecule has 1 N–H and O–H groups in total. The number of aromatic nitrogens is 5. The molecule has 1 aliphatic carbocycles. The van der Waals surface area contributed by atoms with Crippen molar-refractivity contribution in [1.82, 2.24) is 24.7 Å².